The Morgan fingerprint density at radius 1 is 0.700 bits per heavy atom. The van der Waals surface area contributed by atoms with Gasteiger partial charge in [-0.25, -0.2) is 13.1 Å². The maximum atomic E-state index is 13.0. The van der Waals surface area contributed by atoms with Crippen molar-refractivity contribution in [3.63, 3.8) is 0 Å². The Hall–Kier alpha value is -2.24. The van der Waals surface area contributed by atoms with Gasteiger partial charge in [-0.15, -0.1) is 0 Å². The van der Waals surface area contributed by atoms with Crippen molar-refractivity contribution in [1.29, 1.82) is 0 Å². The Kier molecular flexibility index (Phi) is 16.8. The van der Waals surface area contributed by atoms with E-state index in [0.29, 0.717) is 36.2 Å². The molecule has 2 aromatic rings. The van der Waals surface area contributed by atoms with E-state index >= 15 is 0 Å². The van der Waals surface area contributed by atoms with E-state index in [1.165, 1.54) is 12.8 Å². The number of nitrogens with zero attached hydrogens (tertiary/aromatic N) is 1. The van der Waals surface area contributed by atoms with Crippen LogP contribution < -0.4 is 30.9 Å². The number of rotatable bonds is 23. The molecule has 0 unspecified atom stereocenters. The third kappa shape index (κ3) is 13.0. The smallest absolute Gasteiger partial charge is 0.241 e. The molecule has 9 nitrogen and oxygen atoms in total. The fourth-order valence-corrected chi connectivity index (χ4v) is 5.85. The lowest BCUT2D eigenvalue weighted by Gasteiger charge is -2.17. The molecule has 1 amide bonds. The van der Waals surface area contributed by atoms with Crippen molar-refractivity contribution in [2.75, 3.05) is 71.4 Å². The predicted octanol–water partition coefficient (Wildman–Crippen LogP) is 3.21. The molecule has 0 aliphatic carbocycles. The van der Waals surface area contributed by atoms with Crippen molar-refractivity contribution in [1.82, 2.24) is 26.0 Å². The summed E-state index contributed by atoms with van der Waals surface area (Å²) < 4.78 is 28.7. The molecule has 40 heavy (non-hydrogen) atoms. The lowest BCUT2D eigenvalue weighted by molar-refractivity contribution is -0.121. The van der Waals surface area contributed by atoms with E-state index in [2.05, 4.69) is 32.9 Å². The molecule has 0 radical (unpaired) electrons. The molecule has 0 bridgehead atoms. The second kappa shape index (κ2) is 19.8. The fraction of sp³-hybridized carbons (Fsp3) is 0.633. The standard InChI is InChI=1S/C30H52N6O3S/c1-4-31-21-12-22-32-19-8-9-20-33-23-13-24-34-30(37)18-6-5-7-25-35-40(38,39)29-17-11-14-26-27(29)15-10-16-28(26)36(2)3/h10-11,14-17,31-33,35H,4-9,12-13,18-25H2,1-3H3,(H,34,37). The molecule has 5 N–H and O–H groups in total. The predicted molar refractivity (Wildman–Crippen MR) is 168 cm³/mol. The van der Waals surface area contributed by atoms with Crippen LogP contribution in [-0.2, 0) is 14.8 Å². The van der Waals surface area contributed by atoms with Gasteiger partial charge in [0.2, 0.25) is 15.9 Å². The van der Waals surface area contributed by atoms with Crippen LogP contribution in [0.1, 0.15) is 58.3 Å². The van der Waals surface area contributed by atoms with E-state index in [0.717, 1.165) is 76.0 Å². The third-order valence-electron chi connectivity index (χ3n) is 6.77. The quantitative estimate of drug-likeness (QED) is 0.129. The Balaban J connectivity index is 1.49. The molecular formula is C30H52N6O3S. The number of fused-ring (bicyclic) bond motifs is 1. The SMILES string of the molecule is CCNCCCNCCCCNCCCNC(=O)CCCCCNS(=O)(=O)c1cccc2c(N(C)C)cccc12. The normalized spacial score (nSPS) is 11.7. The molecule has 2 rings (SSSR count). The summed E-state index contributed by atoms with van der Waals surface area (Å²) in [5.74, 6) is 0.0632. The number of carbonyl (C=O) groups excluding carboxylic acids is 1. The number of sulfonamides is 1. The summed E-state index contributed by atoms with van der Waals surface area (Å²) in [5, 5.41) is 14.8. The van der Waals surface area contributed by atoms with Crippen molar-refractivity contribution in [3.05, 3.63) is 36.4 Å². The number of carbonyl (C=O) groups is 1. The first kappa shape index (κ1) is 34.0. The Bertz CT molecular complexity index is 1090. The van der Waals surface area contributed by atoms with Crippen molar-refractivity contribution < 1.29 is 13.2 Å². The summed E-state index contributed by atoms with van der Waals surface area (Å²) in [7, 11) is 0.270. The van der Waals surface area contributed by atoms with Crippen molar-refractivity contribution in [2.45, 2.75) is 63.2 Å². The minimum atomic E-state index is -3.62. The van der Waals surface area contributed by atoms with Gasteiger partial charge in [-0.1, -0.05) is 37.6 Å². The molecule has 0 fully saturated rings. The monoisotopic (exact) mass is 576 g/mol. The highest BCUT2D eigenvalue weighted by Gasteiger charge is 2.18. The van der Waals surface area contributed by atoms with Crippen molar-refractivity contribution in [3.8, 4) is 0 Å². The molecule has 10 heteroatoms. The van der Waals surface area contributed by atoms with Crippen LogP contribution in [0.2, 0.25) is 0 Å². The molecule has 0 saturated heterocycles. The number of hydrogen-bond acceptors (Lipinski definition) is 7. The zero-order valence-corrected chi connectivity index (χ0v) is 25.7. The second-order valence-electron chi connectivity index (χ2n) is 10.3. The minimum Gasteiger partial charge on any atom is -0.377 e. The Labute approximate surface area is 242 Å². The van der Waals surface area contributed by atoms with Crippen molar-refractivity contribution >= 4 is 32.4 Å². The van der Waals surface area contributed by atoms with Gasteiger partial charge in [0.1, 0.15) is 0 Å². The van der Waals surface area contributed by atoms with Crippen molar-refractivity contribution in [2.24, 2.45) is 0 Å². The number of amides is 1. The van der Waals surface area contributed by atoms with E-state index in [9.17, 15) is 13.2 Å². The van der Waals surface area contributed by atoms with Crippen LogP contribution in [0.5, 0.6) is 0 Å². The van der Waals surface area contributed by atoms with Gasteiger partial charge in [0, 0.05) is 50.1 Å². The van der Waals surface area contributed by atoms with Crippen LogP contribution in [0.4, 0.5) is 5.69 Å². The van der Waals surface area contributed by atoms with E-state index in [1.807, 2.05) is 43.3 Å². The van der Waals surface area contributed by atoms with Gasteiger partial charge >= 0.3 is 0 Å². The lowest BCUT2D eigenvalue weighted by atomic mass is 10.1. The zero-order chi connectivity index (χ0) is 29.1. The molecule has 226 valence electrons. The summed E-state index contributed by atoms with van der Waals surface area (Å²) in [6.07, 6.45) is 7.12. The fourth-order valence-electron chi connectivity index (χ4n) is 4.56. The van der Waals surface area contributed by atoms with Gasteiger partial charge in [0.15, 0.2) is 0 Å². The summed E-state index contributed by atoms with van der Waals surface area (Å²) >= 11 is 0. The first-order valence-electron chi connectivity index (χ1n) is 14.9. The van der Waals surface area contributed by atoms with E-state index in [1.54, 1.807) is 12.1 Å². The number of anilines is 1. The molecule has 0 heterocycles. The highest BCUT2D eigenvalue weighted by molar-refractivity contribution is 7.89. The largest absolute Gasteiger partial charge is 0.377 e. The molecule has 0 aromatic heterocycles. The second-order valence-corrected chi connectivity index (χ2v) is 12.1. The number of hydrogen-bond donors (Lipinski definition) is 5. The minimum absolute atomic E-state index is 0.0632. The first-order chi connectivity index (χ1) is 19.4. The molecule has 0 spiro atoms. The third-order valence-corrected chi connectivity index (χ3v) is 8.29. The van der Waals surface area contributed by atoms with E-state index in [-0.39, 0.29) is 5.91 Å². The molecule has 0 saturated carbocycles. The van der Waals surface area contributed by atoms with Crippen LogP contribution >= 0.6 is 0 Å². The average molecular weight is 577 g/mol. The van der Waals surface area contributed by atoms with Crippen LogP contribution in [0.15, 0.2) is 41.3 Å². The zero-order valence-electron chi connectivity index (χ0n) is 24.9. The van der Waals surface area contributed by atoms with Gasteiger partial charge in [-0.3, -0.25) is 4.79 Å². The summed E-state index contributed by atoms with van der Waals surface area (Å²) in [6.45, 7) is 9.33. The number of unbranched alkanes of at least 4 members (excludes halogenated alkanes) is 3. The maximum absolute atomic E-state index is 13.0. The Morgan fingerprint density at radius 3 is 2.00 bits per heavy atom. The molecule has 0 aliphatic rings. The molecule has 0 aliphatic heterocycles. The number of benzene rings is 2. The highest BCUT2D eigenvalue weighted by Crippen LogP contribution is 2.30. The van der Waals surface area contributed by atoms with Gasteiger partial charge in [-0.2, -0.15) is 0 Å². The van der Waals surface area contributed by atoms with Crippen LogP contribution in [0, 0.1) is 0 Å². The van der Waals surface area contributed by atoms with Crippen LogP contribution in [0.25, 0.3) is 10.8 Å². The summed E-state index contributed by atoms with van der Waals surface area (Å²) in [4.78, 5) is 14.4. The lowest BCUT2D eigenvalue weighted by Crippen LogP contribution is -2.28. The van der Waals surface area contributed by atoms with Crippen LogP contribution in [0.3, 0.4) is 0 Å². The van der Waals surface area contributed by atoms with E-state index < -0.39 is 10.0 Å². The molecular weight excluding hydrogens is 524 g/mol. The van der Waals surface area contributed by atoms with Gasteiger partial charge in [0.05, 0.1) is 4.90 Å². The number of nitrogens with one attached hydrogen (secondary N) is 5. The Morgan fingerprint density at radius 2 is 1.30 bits per heavy atom. The average Bonchev–Trinajstić information content (AvgIpc) is 2.94. The first-order valence-corrected chi connectivity index (χ1v) is 16.4. The summed E-state index contributed by atoms with van der Waals surface area (Å²) in [6, 6.07) is 11.1. The van der Waals surface area contributed by atoms with Gasteiger partial charge < -0.3 is 26.2 Å². The topological polar surface area (TPSA) is 115 Å². The summed E-state index contributed by atoms with van der Waals surface area (Å²) in [5.41, 5.74) is 0.981. The van der Waals surface area contributed by atoms with Gasteiger partial charge in [-0.05, 0) is 89.9 Å². The van der Waals surface area contributed by atoms with Crippen LogP contribution in [-0.4, -0.2) is 80.8 Å². The maximum Gasteiger partial charge on any atom is 0.241 e. The van der Waals surface area contributed by atoms with E-state index in [4.69, 9.17) is 0 Å². The molecule has 0 atom stereocenters. The molecule has 2 aromatic carbocycles. The highest BCUT2D eigenvalue weighted by atomic mass is 32.2. The van der Waals surface area contributed by atoms with Gasteiger partial charge in [0.25, 0.3) is 0 Å².